The van der Waals surface area contributed by atoms with E-state index >= 15 is 0 Å². The van der Waals surface area contributed by atoms with Crippen molar-refractivity contribution in [2.45, 2.75) is 179 Å². The molecule has 0 spiro atoms. The molecule has 404 valence electrons. The van der Waals surface area contributed by atoms with E-state index in [9.17, 15) is 38.4 Å². The molecule has 1 aromatic carbocycles. The summed E-state index contributed by atoms with van der Waals surface area (Å²) in [5, 5.41) is 11.6. The molecule has 0 bridgehead atoms. The van der Waals surface area contributed by atoms with Gasteiger partial charge >= 0.3 is 33.0 Å². The van der Waals surface area contributed by atoms with Crippen molar-refractivity contribution in [3.8, 4) is 0 Å². The van der Waals surface area contributed by atoms with Crippen LogP contribution >= 0.6 is 0 Å². The summed E-state index contributed by atoms with van der Waals surface area (Å²) in [6.07, 6.45) is -0.335. The molecule has 9 atom stereocenters. The van der Waals surface area contributed by atoms with Gasteiger partial charge in [0.1, 0.15) is 36.4 Å². The molecule has 1 heterocycles. The Morgan fingerprint density at radius 1 is 0.859 bits per heavy atom. The summed E-state index contributed by atoms with van der Waals surface area (Å²) in [6.45, 7) is 28.3. The second-order valence-corrected chi connectivity index (χ2v) is 16.8. The van der Waals surface area contributed by atoms with Crippen LogP contribution in [0.5, 0.6) is 0 Å². The first-order valence-electron chi connectivity index (χ1n) is 24.5. The van der Waals surface area contributed by atoms with Gasteiger partial charge in [-0.1, -0.05) is 125 Å². The van der Waals surface area contributed by atoms with Crippen LogP contribution in [0.1, 0.15) is 136 Å². The van der Waals surface area contributed by atoms with E-state index in [4.69, 9.17) is 14.2 Å². The number of esters is 2. The van der Waals surface area contributed by atoms with E-state index in [0.717, 1.165) is 10.5 Å². The molecule has 18 heteroatoms. The summed E-state index contributed by atoms with van der Waals surface area (Å²) >= 11 is 0. The number of carbonyl (C=O) groups excluding carboxylic acids is 8. The monoisotopic (exact) mass is 1170 g/mol. The van der Waals surface area contributed by atoms with E-state index in [1.54, 1.807) is 58.0 Å². The molecule has 71 heavy (non-hydrogen) atoms. The average molecular weight is 1170 g/mol. The van der Waals surface area contributed by atoms with Crippen molar-refractivity contribution in [2.24, 2.45) is 17.8 Å². The molecule has 0 aromatic heterocycles. The smallest absolute Gasteiger partial charge is 0.620 e. The Hall–Kier alpha value is -5.05. The van der Waals surface area contributed by atoms with Crippen LogP contribution in [0.15, 0.2) is 53.6 Å². The molecule has 0 saturated heterocycles. The van der Waals surface area contributed by atoms with E-state index in [2.05, 4.69) is 21.3 Å². The number of cyclic esters (lactones) is 2. The molecule has 3 N–H and O–H groups in total. The Bertz CT molecular complexity index is 1840. The maximum Gasteiger partial charge on any atom is 2.00 e. The summed E-state index contributed by atoms with van der Waals surface area (Å²) in [4.78, 5) is 111. The van der Waals surface area contributed by atoms with Gasteiger partial charge in [-0.05, 0) is 64.0 Å². The fraction of sp³-hybridized carbons (Fsp3) is 0.642. The zero-order chi connectivity index (χ0) is 53.7. The maximum absolute atomic E-state index is 14.2. The number of amides is 6. The van der Waals surface area contributed by atoms with Gasteiger partial charge in [0.15, 0.2) is 6.10 Å². The van der Waals surface area contributed by atoms with Gasteiger partial charge in [-0.2, -0.15) is 0 Å². The van der Waals surface area contributed by atoms with Crippen LogP contribution in [-0.2, 0) is 75.3 Å². The first kappa shape index (κ1) is 72.5. The predicted octanol–water partition coefficient (Wildman–Crippen LogP) is 7.91. The molecule has 0 radical (unpaired) electrons. The molecule has 1 aliphatic rings. The number of benzene rings is 1. The molecule has 1 aromatic rings. The van der Waals surface area contributed by atoms with Gasteiger partial charge in [-0.3, -0.25) is 28.8 Å². The molecule has 0 saturated carbocycles. The van der Waals surface area contributed by atoms with Crippen molar-refractivity contribution >= 4 is 47.6 Å². The number of allylic oxidation sites excluding steroid dienone is 1. The number of carbonyl (C=O) groups is 8. The van der Waals surface area contributed by atoms with Crippen LogP contribution in [0.2, 0.25) is 0 Å². The molecule has 0 fully saturated rings. The minimum atomic E-state index is -1.30. The summed E-state index contributed by atoms with van der Waals surface area (Å²) < 4.78 is 17.4. The summed E-state index contributed by atoms with van der Waals surface area (Å²) in [5.74, 6) is -6.13. The van der Waals surface area contributed by atoms with Crippen LogP contribution in [-0.4, -0.2) is 128 Å². The zero-order valence-corrected chi connectivity index (χ0v) is 49.5. The van der Waals surface area contributed by atoms with Crippen molar-refractivity contribution in [2.75, 3.05) is 27.7 Å². The fourth-order valence-electron chi connectivity index (χ4n) is 6.87. The van der Waals surface area contributed by atoms with E-state index in [1.807, 2.05) is 68.4 Å². The second-order valence-electron chi connectivity index (χ2n) is 16.8. The average Bonchev–Trinajstić information content (AvgIpc) is 3.34. The molecule has 0 aliphatic carbocycles. The van der Waals surface area contributed by atoms with Crippen molar-refractivity contribution in [1.29, 1.82) is 0 Å². The number of nitrogens with one attached hydrogen (secondary N) is 3. The number of hydrogen-bond donors (Lipinski definition) is 3. The van der Waals surface area contributed by atoms with Crippen molar-refractivity contribution in [1.82, 2.24) is 25.8 Å². The Labute approximate surface area is 441 Å². The van der Waals surface area contributed by atoms with Crippen molar-refractivity contribution < 1.29 is 73.6 Å². The van der Waals surface area contributed by atoms with Gasteiger partial charge < -0.3 is 52.7 Å². The van der Waals surface area contributed by atoms with Gasteiger partial charge in [0, 0.05) is 38.4 Å². The normalized spacial score (nSPS) is 24.7. The predicted molar refractivity (Wildman–Crippen MR) is 277 cm³/mol. The quantitative estimate of drug-likeness (QED) is 0.0983. The third-order valence-corrected chi connectivity index (χ3v) is 11.2. The number of rotatable bonds is 8. The van der Waals surface area contributed by atoms with E-state index in [0.29, 0.717) is 12.0 Å². The van der Waals surface area contributed by atoms with Gasteiger partial charge in [-0.25, -0.2) is 9.59 Å². The Morgan fingerprint density at radius 3 is 1.92 bits per heavy atom. The maximum atomic E-state index is 14.2. The number of likely N-dealkylation sites (N-methyl/N-ethyl adjacent to an activating group) is 2. The summed E-state index contributed by atoms with van der Waals surface area (Å²) in [5.41, 5.74) is 1.42. The van der Waals surface area contributed by atoms with E-state index in [-0.39, 0.29) is 59.2 Å². The number of ether oxygens (including phenoxy) is 3. The molecule has 1 unspecified atom stereocenters. The van der Waals surface area contributed by atoms with E-state index in [1.165, 1.54) is 52.9 Å². The Kier molecular flexibility index (Phi) is 39.4. The first-order valence-corrected chi connectivity index (χ1v) is 24.5. The van der Waals surface area contributed by atoms with E-state index < -0.39 is 108 Å². The summed E-state index contributed by atoms with van der Waals surface area (Å²) in [7, 11) is 4.09. The topological polar surface area (TPSA) is 221 Å². The third-order valence-electron chi connectivity index (χ3n) is 11.2. The van der Waals surface area contributed by atoms with Crippen LogP contribution in [0, 0.1) is 25.2 Å². The van der Waals surface area contributed by atoms with Gasteiger partial charge in [0.2, 0.25) is 29.7 Å². The molecular weight excluding hydrogens is 1080 g/mol. The molecule has 6 amide bonds. The molecule has 1 aliphatic heterocycles. The number of hydrogen-bond acceptors (Lipinski definition) is 11. The molecule has 17 nitrogen and oxygen atoms in total. The second kappa shape index (κ2) is 38.6. The fourth-order valence-corrected chi connectivity index (χ4v) is 6.87. The van der Waals surface area contributed by atoms with Crippen molar-refractivity contribution in [3.05, 3.63) is 71.9 Å². The molecular formula is C53H90N6O11W. The summed E-state index contributed by atoms with van der Waals surface area (Å²) in [6, 6.07) is 4.37. The van der Waals surface area contributed by atoms with Gasteiger partial charge in [0.05, 0.1) is 6.54 Å². The minimum Gasteiger partial charge on any atom is -0.620 e. The Morgan fingerprint density at radius 2 is 1.41 bits per heavy atom. The minimum absolute atomic E-state index is 0. The van der Waals surface area contributed by atoms with Gasteiger partial charge in [0.25, 0.3) is 5.91 Å². The zero-order valence-electron chi connectivity index (χ0n) is 46.6. The SMILES string of the molecule is C/C=C(\C)[C@H]1OC(=O)[C@@H](C)NC(=O)[C@H](C(C)CC)NC(=O)CN(C)C(=O)[C@@H](Cc2ccccc2)N(C)C(=O)[C@H](C)NC(=O)[C@@H](CC(C)C)OC(=O)/C(C)=C/C[C@H](OC(=O)[N-]C)[C@@H]1C.CC.CC.CC.[CH3-].[W+2]. The van der Waals surface area contributed by atoms with Crippen LogP contribution in [0.4, 0.5) is 4.79 Å². The standard InChI is InChI=1S/C46H70N6O11.3C2H6.CH3.W/c1-14-27(5)38-41(55)49-32(10)45(59)63-39(28(6)15-2)30(8)35(62-46(60)47-11)22-21-29(7)44(58)61-36(23-26(3)4)40(54)48-31(9)42(56)52(13)34(24-33-19-17-16-18-20-33)43(57)51(12)25-37(53)50-38;3*1-2;;/h15-21,26-27,30-32,34-36,38-39H,14,22-25H2,1-13H3,(H4,47,48,49,50,53,54,55,60);3*1-2H3;1H3;/q;;;;-1;+2/p-1/b28-15+,29-21+;;;;;/t27?,30-,31-,32+,34+,35-,36+,38-,39+;;;;;/m0...../s1. The van der Waals surface area contributed by atoms with Crippen LogP contribution in [0.25, 0.3) is 5.32 Å². The van der Waals surface area contributed by atoms with Crippen molar-refractivity contribution in [3.63, 3.8) is 0 Å². The number of nitrogens with zero attached hydrogens (tertiary/aromatic N) is 3. The third kappa shape index (κ3) is 24.8. The first-order chi connectivity index (χ1) is 32.6. The Balaban J connectivity index is -0.00000269. The molecule has 2 rings (SSSR count). The van der Waals surface area contributed by atoms with Crippen LogP contribution < -0.4 is 16.0 Å². The van der Waals surface area contributed by atoms with Crippen LogP contribution in [0.3, 0.4) is 0 Å². The van der Waals surface area contributed by atoms with Gasteiger partial charge in [-0.15, -0.1) is 7.05 Å². The largest absolute Gasteiger partial charge is 2.00 e.